The molecule has 102 valence electrons. The van der Waals surface area contributed by atoms with E-state index in [1.165, 1.54) is 11.3 Å². The molecule has 1 aliphatic heterocycles. The van der Waals surface area contributed by atoms with E-state index in [0.29, 0.717) is 23.0 Å². The molecule has 1 fully saturated rings. The Hall–Kier alpha value is -0.500. The summed E-state index contributed by atoms with van der Waals surface area (Å²) in [7, 11) is -3.42. The topological polar surface area (TPSA) is 76.3 Å². The van der Waals surface area contributed by atoms with Crippen molar-refractivity contribution in [3.63, 3.8) is 0 Å². The van der Waals surface area contributed by atoms with Crippen LogP contribution >= 0.6 is 11.3 Å². The van der Waals surface area contributed by atoms with Crippen molar-refractivity contribution < 1.29 is 8.42 Å². The molecule has 0 spiro atoms. The molecule has 1 aromatic heterocycles. The first-order valence-corrected chi connectivity index (χ1v) is 8.38. The minimum absolute atomic E-state index is 0.0643. The maximum absolute atomic E-state index is 12.6. The van der Waals surface area contributed by atoms with Crippen LogP contribution in [0.15, 0.2) is 4.21 Å². The van der Waals surface area contributed by atoms with Gasteiger partial charge in [0.1, 0.15) is 0 Å². The van der Waals surface area contributed by atoms with E-state index in [9.17, 15) is 8.42 Å². The summed E-state index contributed by atoms with van der Waals surface area (Å²) in [6.07, 6.45) is 2.81. The standard InChI is InChI=1S/C11H19N3O2S2/c1-8-11(17-9(2)13-8)18(15,16)14-6-4-3-5-10(14)7-12/h10H,3-7,12H2,1-2H3/t10-/m1/s1. The van der Waals surface area contributed by atoms with E-state index in [-0.39, 0.29) is 6.04 Å². The zero-order valence-electron chi connectivity index (χ0n) is 10.7. The van der Waals surface area contributed by atoms with Crippen LogP contribution in [0.5, 0.6) is 0 Å². The Morgan fingerprint density at radius 3 is 2.72 bits per heavy atom. The number of rotatable bonds is 3. The number of nitrogens with two attached hydrogens (primary N) is 1. The van der Waals surface area contributed by atoms with Gasteiger partial charge in [-0.1, -0.05) is 6.42 Å². The molecule has 18 heavy (non-hydrogen) atoms. The van der Waals surface area contributed by atoms with Gasteiger partial charge in [-0.15, -0.1) is 11.3 Å². The van der Waals surface area contributed by atoms with Crippen LogP contribution in [0.4, 0.5) is 0 Å². The zero-order chi connectivity index (χ0) is 13.3. The van der Waals surface area contributed by atoms with Crippen molar-refractivity contribution in [3.05, 3.63) is 10.7 Å². The summed E-state index contributed by atoms with van der Waals surface area (Å²) in [6.45, 7) is 4.53. The van der Waals surface area contributed by atoms with Crippen LogP contribution in [0.2, 0.25) is 0 Å². The molecule has 0 aromatic carbocycles. The Bertz CT molecular complexity index is 524. The minimum atomic E-state index is -3.42. The van der Waals surface area contributed by atoms with Crippen molar-refractivity contribution in [2.75, 3.05) is 13.1 Å². The summed E-state index contributed by atoms with van der Waals surface area (Å²) >= 11 is 1.25. The molecule has 2 rings (SSSR count). The van der Waals surface area contributed by atoms with E-state index in [0.717, 1.165) is 24.3 Å². The largest absolute Gasteiger partial charge is 0.329 e. The molecule has 0 bridgehead atoms. The first kappa shape index (κ1) is 13.9. The third-order valence-electron chi connectivity index (χ3n) is 3.25. The molecule has 0 aliphatic carbocycles. The summed E-state index contributed by atoms with van der Waals surface area (Å²) in [6, 6.07) is -0.0643. The quantitative estimate of drug-likeness (QED) is 0.909. The molecule has 0 radical (unpaired) electrons. The van der Waals surface area contributed by atoms with E-state index in [2.05, 4.69) is 4.98 Å². The fourth-order valence-corrected chi connectivity index (χ4v) is 5.68. The third kappa shape index (κ3) is 2.45. The number of thiazole rings is 1. The molecule has 1 aliphatic rings. The Labute approximate surface area is 112 Å². The van der Waals surface area contributed by atoms with Gasteiger partial charge in [-0.3, -0.25) is 0 Å². The van der Waals surface area contributed by atoms with Crippen molar-refractivity contribution in [2.45, 2.75) is 43.4 Å². The van der Waals surface area contributed by atoms with Crippen LogP contribution in [0.25, 0.3) is 0 Å². The lowest BCUT2D eigenvalue weighted by molar-refractivity contribution is 0.258. The maximum Gasteiger partial charge on any atom is 0.254 e. The summed E-state index contributed by atoms with van der Waals surface area (Å²) in [5.41, 5.74) is 6.29. The molecule has 2 N–H and O–H groups in total. The van der Waals surface area contributed by atoms with Gasteiger partial charge in [-0.2, -0.15) is 4.31 Å². The van der Waals surface area contributed by atoms with E-state index in [1.807, 2.05) is 6.92 Å². The number of aromatic nitrogens is 1. The number of hydrogen-bond donors (Lipinski definition) is 1. The van der Waals surface area contributed by atoms with Gasteiger partial charge in [0.15, 0.2) is 4.21 Å². The fourth-order valence-electron chi connectivity index (χ4n) is 2.38. The highest BCUT2D eigenvalue weighted by molar-refractivity contribution is 7.91. The average molecular weight is 289 g/mol. The zero-order valence-corrected chi connectivity index (χ0v) is 12.4. The normalized spacial score (nSPS) is 22.3. The number of nitrogens with zero attached hydrogens (tertiary/aromatic N) is 2. The number of hydrogen-bond acceptors (Lipinski definition) is 5. The first-order valence-electron chi connectivity index (χ1n) is 6.12. The smallest absolute Gasteiger partial charge is 0.254 e. The lowest BCUT2D eigenvalue weighted by Crippen LogP contribution is -2.47. The summed E-state index contributed by atoms with van der Waals surface area (Å²) in [4.78, 5) is 4.20. The van der Waals surface area contributed by atoms with Gasteiger partial charge in [-0.05, 0) is 26.7 Å². The first-order chi connectivity index (χ1) is 8.46. The van der Waals surface area contributed by atoms with Gasteiger partial charge in [0.05, 0.1) is 10.7 Å². The minimum Gasteiger partial charge on any atom is -0.329 e. The van der Waals surface area contributed by atoms with Gasteiger partial charge in [-0.25, -0.2) is 13.4 Å². The molecule has 0 saturated carbocycles. The molecular formula is C11H19N3O2S2. The second-order valence-corrected chi connectivity index (χ2v) is 7.90. The van der Waals surface area contributed by atoms with Crippen LogP contribution in [0.1, 0.15) is 30.0 Å². The summed E-state index contributed by atoms with van der Waals surface area (Å²) in [5.74, 6) is 0. The molecule has 2 heterocycles. The predicted molar refractivity (Wildman–Crippen MR) is 72.2 cm³/mol. The van der Waals surface area contributed by atoms with Crippen molar-refractivity contribution in [2.24, 2.45) is 5.73 Å². The molecule has 0 amide bonds. The molecule has 5 nitrogen and oxygen atoms in total. The van der Waals surface area contributed by atoms with Gasteiger partial charge in [0, 0.05) is 19.1 Å². The molecule has 0 unspecified atom stereocenters. The second kappa shape index (κ2) is 5.24. The van der Waals surface area contributed by atoms with E-state index >= 15 is 0 Å². The monoisotopic (exact) mass is 289 g/mol. The third-order valence-corrected chi connectivity index (χ3v) is 6.86. The average Bonchev–Trinajstić information content (AvgIpc) is 2.69. The lowest BCUT2D eigenvalue weighted by Gasteiger charge is -2.33. The predicted octanol–water partition coefficient (Wildman–Crippen LogP) is 1.26. The number of piperidine rings is 1. The van der Waals surface area contributed by atoms with Gasteiger partial charge < -0.3 is 5.73 Å². The molecule has 1 aromatic rings. The van der Waals surface area contributed by atoms with Crippen molar-refractivity contribution in [1.29, 1.82) is 0 Å². The number of aryl methyl sites for hydroxylation is 2. The molecule has 1 saturated heterocycles. The van der Waals surface area contributed by atoms with Crippen molar-refractivity contribution in [1.82, 2.24) is 9.29 Å². The van der Waals surface area contributed by atoms with Gasteiger partial charge >= 0.3 is 0 Å². The molecular weight excluding hydrogens is 270 g/mol. The van der Waals surface area contributed by atoms with Gasteiger partial charge in [0.2, 0.25) is 0 Å². The summed E-state index contributed by atoms with van der Waals surface area (Å²) in [5, 5.41) is 0.785. The Balaban J connectivity index is 2.38. The van der Waals surface area contributed by atoms with Crippen molar-refractivity contribution >= 4 is 21.4 Å². The van der Waals surface area contributed by atoms with E-state index < -0.39 is 10.0 Å². The highest BCUT2D eigenvalue weighted by Gasteiger charge is 2.35. The Morgan fingerprint density at radius 2 is 2.17 bits per heavy atom. The van der Waals surface area contributed by atoms with E-state index in [1.54, 1.807) is 11.2 Å². The fraction of sp³-hybridized carbons (Fsp3) is 0.727. The highest BCUT2D eigenvalue weighted by atomic mass is 32.2. The lowest BCUT2D eigenvalue weighted by atomic mass is 10.1. The van der Waals surface area contributed by atoms with Gasteiger partial charge in [0.25, 0.3) is 10.0 Å². The van der Waals surface area contributed by atoms with Crippen molar-refractivity contribution in [3.8, 4) is 0 Å². The van der Waals surface area contributed by atoms with Crippen LogP contribution < -0.4 is 5.73 Å². The van der Waals surface area contributed by atoms with Crippen LogP contribution in [-0.2, 0) is 10.0 Å². The van der Waals surface area contributed by atoms with Crippen LogP contribution in [0.3, 0.4) is 0 Å². The summed E-state index contributed by atoms with van der Waals surface area (Å²) < 4.78 is 27.2. The van der Waals surface area contributed by atoms with Crippen LogP contribution in [0, 0.1) is 13.8 Å². The van der Waals surface area contributed by atoms with E-state index in [4.69, 9.17) is 5.73 Å². The highest BCUT2D eigenvalue weighted by Crippen LogP contribution is 2.30. The Kier molecular flexibility index (Phi) is 4.05. The molecule has 7 heteroatoms. The van der Waals surface area contributed by atoms with Crippen LogP contribution in [-0.4, -0.2) is 36.8 Å². The second-order valence-electron chi connectivity index (χ2n) is 4.61. The maximum atomic E-state index is 12.6. The Morgan fingerprint density at radius 1 is 1.44 bits per heavy atom. The molecule has 1 atom stereocenters. The number of sulfonamides is 1. The SMILES string of the molecule is Cc1nc(C)c(S(=O)(=O)N2CCCC[C@@H]2CN)s1.